The molecule has 1 saturated heterocycles. The molecule has 0 atom stereocenters. The number of hydrogen-bond acceptors (Lipinski definition) is 9. The minimum Gasteiger partial charge on any atom is -0.354 e. The van der Waals surface area contributed by atoms with Crippen LogP contribution in [0.1, 0.15) is 0 Å². The van der Waals surface area contributed by atoms with Crippen LogP contribution in [0.3, 0.4) is 0 Å². The van der Waals surface area contributed by atoms with Crippen molar-refractivity contribution >= 4 is 25.5 Å². The third-order valence-electron chi connectivity index (χ3n) is 4.84. The van der Waals surface area contributed by atoms with Crippen molar-refractivity contribution in [1.29, 1.82) is 0 Å². The second kappa shape index (κ2) is 6.88. The molecule has 1 fully saturated rings. The Morgan fingerprint density at radius 3 is 2.38 bits per heavy atom. The first-order valence-corrected chi connectivity index (χ1v) is 12.5. The number of anilines is 1. The molecule has 4 rings (SSSR count). The van der Waals surface area contributed by atoms with Crippen molar-refractivity contribution in [3.63, 3.8) is 0 Å². The molecule has 0 radical (unpaired) electrons. The van der Waals surface area contributed by atoms with Gasteiger partial charge in [-0.2, -0.15) is 0 Å². The SMILES string of the molecule is CS(=O)(=O)c1cccc(-c2ccc(N3CC(S(C)(=O)=O)C3)nc2)c1-c1nnn[nH]1. The molecular weight excluding hydrogens is 416 g/mol. The summed E-state index contributed by atoms with van der Waals surface area (Å²) in [6, 6.07) is 8.52. The summed E-state index contributed by atoms with van der Waals surface area (Å²) in [5.41, 5.74) is 1.67. The summed E-state index contributed by atoms with van der Waals surface area (Å²) in [6.07, 6.45) is 3.99. The van der Waals surface area contributed by atoms with Crippen LogP contribution in [-0.2, 0) is 19.7 Å². The second-order valence-corrected chi connectivity index (χ2v) is 11.3. The van der Waals surface area contributed by atoms with E-state index in [9.17, 15) is 16.8 Å². The molecule has 0 unspecified atom stereocenters. The highest BCUT2D eigenvalue weighted by atomic mass is 32.2. The minimum absolute atomic E-state index is 0.108. The Morgan fingerprint density at radius 2 is 1.83 bits per heavy atom. The van der Waals surface area contributed by atoms with Gasteiger partial charge in [-0.25, -0.2) is 26.9 Å². The fourth-order valence-corrected chi connectivity index (χ4v) is 5.02. The van der Waals surface area contributed by atoms with E-state index in [0.29, 0.717) is 35.6 Å². The highest BCUT2D eigenvalue weighted by Gasteiger charge is 2.35. The first kappa shape index (κ1) is 19.5. The number of tetrazole rings is 1. The van der Waals surface area contributed by atoms with Crippen LogP contribution < -0.4 is 4.90 Å². The Morgan fingerprint density at radius 1 is 1.07 bits per heavy atom. The number of nitrogens with zero attached hydrogens (tertiary/aromatic N) is 5. The molecule has 3 aromatic rings. The molecule has 1 N–H and O–H groups in total. The molecule has 29 heavy (non-hydrogen) atoms. The predicted molar refractivity (Wildman–Crippen MR) is 107 cm³/mol. The second-order valence-electron chi connectivity index (χ2n) is 6.96. The standard InChI is InChI=1S/C17H18N6O4S2/c1-28(24,25)12-9-23(10-12)15-7-6-11(8-18-15)13-4-3-5-14(29(2,26)27)16(13)17-19-21-22-20-17/h3-8,12H,9-10H2,1-2H3,(H,19,20,21,22). The van der Waals surface area contributed by atoms with Crippen LogP contribution in [0.2, 0.25) is 0 Å². The van der Waals surface area contributed by atoms with E-state index in [0.717, 1.165) is 6.26 Å². The lowest BCUT2D eigenvalue weighted by atomic mass is 10.0. The number of sulfone groups is 2. The van der Waals surface area contributed by atoms with E-state index in [1.807, 2.05) is 11.0 Å². The molecule has 1 aromatic carbocycles. The van der Waals surface area contributed by atoms with Gasteiger partial charge < -0.3 is 4.90 Å². The lowest BCUT2D eigenvalue weighted by molar-refractivity contribution is 0.544. The van der Waals surface area contributed by atoms with Crippen LogP contribution in [-0.4, -0.2) is 73.3 Å². The van der Waals surface area contributed by atoms with Gasteiger partial charge in [0.1, 0.15) is 5.82 Å². The van der Waals surface area contributed by atoms with Gasteiger partial charge in [-0.05, 0) is 34.2 Å². The molecule has 1 aliphatic heterocycles. The molecule has 152 valence electrons. The van der Waals surface area contributed by atoms with Crippen LogP contribution in [0.25, 0.3) is 22.5 Å². The summed E-state index contributed by atoms with van der Waals surface area (Å²) >= 11 is 0. The third-order valence-corrected chi connectivity index (χ3v) is 7.49. The van der Waals surface area contributed by atoms with E-state index in [-0.39, 0.29) is 16.0 Å². The summed E-state index contributed by atoms with van der Waals surface area (Å²) in [5.74, 6) is 0.902. The van der Waals surface area contributed by atoms with Gasteiger partial charge in [0.15, 0.2) is 25.5 Å². The van der Waals surface area contributed by atoms with Crippen LogP contribution >= 0.6 is 0 Å². The summed E-state index contributed by atoms with van der Waals surface area (Å²) in [4.78, 5) is 6.41. The Bertz CT molecular complexity index is 1250. The lowest BCUT2D eigenvalue weighted by Gasteiger charge is -2.38. The highest BCUT2D eigenvalue weighted by Crippen LogP contribution is 2.35. The molecule has 0 bridgehead atoms. The minimum atomic E-state index is -3.53. The number of nitrogens with one attached hydrogen (secondary N) is 1. The number of rotatable bonds is 5. The van der Waals surface area contributed by atoms with Crippen LogP contribution in [0.4, 0.5) is 5.82 Å². The van der Waals surface area contributed by atoms with Gasteiger partial charge in [-0.3, -0.25) is 0 Å². The van der Waals surface area contributed by atoms with Crippen LogP contribution in [0.15, 0.2) is 41.4 Å². The molecule has 10 nitrogen and oxygen atoms in total. The number of aromatic amines is 1. The average Bonchev–Trinajstić information content (AvgIpc) is 3.13. The molecule has 0 saturated carbocycles. The van der Waals surface area contributed by atoms with E-state index < -0.39 is 19.7 Å². The van der Waals surface area contributed by atoms with E-state index in [2.05, 4.69) is 25.6 Å². The maximum absolute atomic E-state index is 12.3. The molecule has 0 spiro atoms. The number of benzene rings is 1. The Kier molecular flexibility index (Phi) is 4.62. The van der Waals surface area contributed by atoms with E-state index >= 15 is 0 Å². The number of aromatic nitrogens is 5. The Balaban J connectivity index is 1.71. The van der Waals surface area contributed by atoms with Crippen molar-refractivity contribution in [2.24, 2.45) is 0 Å². The largest absolute Gasteiger partial charge is 0.354 e. The van der Waals surface area contributed by atoms with Gasteiger partial charge in [0, 0.05) is 42.9 Å². The van der Waals surface area contributed by atoms with Crippen LogP contribution in [0, 0.1) is 0 Å². The number of pyridine rings is 1. The number of hydrogen-bond donors (Lipinski definition) is 1. The zero-order valence-electron chi connectivity index (χ0n) is 15.6. The molecule has 1 aliphatic rings. The van der Waals surface area contributed by atoms with Crippen molar-refractivity contribution in [3.8, 4) is 22.5 Å². The van der Waals surface area contributed by atoms with Gasteiger partial charge >= 0.3 is 0 Å². The highest BCUT2D eigenvalue weighted by molar-refractivity contribution is 7.91. The predicted octanol–water partition coefficient (Wildman–Crippen LogP) is 0.565. The van der Waals surface area contributed by atoms with Gasteiger partial charge in [0.25, 0.3) is 0 Å². The zero-order chi connectivity index (χ0) is 20.8. The molecular formula is C17H18N6O4S2. The molecule has 3 heterocycles. The fraction of sp³-hybridized carbons (Fsp3) is 0.294. The van der Waals surface area contributed by atoms with Gasteiger partial charge in [0.05, 0.1) is 10.1 Å². The quantitative estimate of drug-likeness (QED) is 0.610. The molecule has 2 aromatic heterocycles. The molecule has 0 aliphatic carbocycles. The fourth-order valence-electron chi connectivity index (χ4n) is 3.22. The zero-order valence-corrected chi connectivity index (χ0v) is 17.3. The maximum atomic E-state index is 12.3. The van der Waals surface area contributed by atoms with Crippen molar-refractivity contribution < 1.29 is 16.8 Å². The van der Waals surface area contributed by atoms with Crippen molar-refractivity contribution in [2.75, 3.05) is 30.5 Å². The summed E-state index contributed by atoms with van der Waals surface area (Å²) in [6.45, 7) is 0.813. The normalized spacial score (nSPS) is 15.3. The Labute approximate surface area is 167 Å². The van der Waals surface area contributed by atoms with E-state index in [4.69, 9.17) is 0 Å². The Hall–Kier alpha value is -2.86. The summed E-state index contributed by atoms with van der Waals surface area (Å²) < 4.78 is 47.7. The first-order valence-electron chi connectivity index (χ1n) is 8.62. The summed E-state index contributed by atoms with van der Waals surface area (Å²) in [7, 11) is -6.58. The number of H-pyrrole nitrogens is 1. The van der Waals surface area contributed by atoms with Crippen molar-refractivity contribution in [2.45, 2.75) is 10.1 Å². The van der Waals surface area contributed by atoms with Gasteiger partial charge in [-0.1, -0.05) is 12.1 Å². The monoisotopic (exact) mass is 434 g/mol. The van der Waals surface area contributed by atoms with Crippen molar-refractivity contribution in [3.05, 3.63) is 36.5 Å². The lowest BCUT2D eigenvalue weighted by Crippen LogP contribution is -2.54. The maximum Gasteiger partial charge on any atom is 0.181 e. The summed E-state index contributed by atoms with van der Waals surface area (Å²) in [5, 5.41) is 13.2. The average molecular weight is 435 g/mol. The smallest absolute Gasteiger partial charge is 0.181 e. The van der Waals surface area contributed by atoms with E-state index in [1.54, 1.807) is 24.4 Å². The molecule has 12 heteroatoms. The first-order chi connectivity index (χ1) is 13.6. The van der Waals surface area contributed by atoms with Gasteiger partial charge in [-0.15, -0.1) is 5.10 Å². The van der Waals surface area contributed by atoms with Crippen LogP contribution in [0.5, 0.6) is 0 Å². The third kappa shape index (κ3) is 3.72. The van der Waals surface area contributed by atoms with Gasteiger partial charge in [0.2, 0.25) is 0 Å². The van der Waals surface area contributed by atoms with E-state index in [1.165, 1.54) is 12.3 Å². The molecule has 0 amide bonds. The van der Waals surface area contributed by atoms with Crippen molar-refractivity contribution in [1.82, 2.24) is 25.6 Å². The topological polar surface area (TPSA) is 139 Å².